The molecule has 2 amide bonds. The van der Waals surface area contributed by atoms with Gasteiger partial charge < -0.3 is 16.0 Å². The molecule has 0 aliphatic carbocycles. The Bertz CT molecular complexity index is 679. The zero-order valence-corrected chi connectivity index (χ0v) is 14.1. The normalized spacial score (nSPS) is 10.2. The average molecular weight is 325 g/mol. The van der Waals surface area contributed by atoms with E-state index in [4.69, 9.17) is 0 Å². The molecule has 2 aromatic carbocycles. The van der Waals surface area contributed by atoms with E-state index in [1.807, 2.05) is 43.3 Å². The fourth-order valence-electron chi connectivity index (χ4n) is 2.22. The van der Waals surface area contributed by atoms with E-state index in [-0.39, 0.29) is 11.8 Å². The first-order valence-electron chi connectivity index (χ1n) is 7.97. The summed E-state index contributed by atoms with van der Waals surface area (Å²) in [4.78, 5) is 23.4. The molecule has 0 bridgehead atoms. The van der Waals surface area contributed by atoms with Crippen LogP contribution in [-0.2, 0) is 6.54 Å². The molecule has 5 heteroatoms. The van der Waals surface area contributed by atoms with Gasteiger partial charge in [-0.15, -0.1) is 0 Å². The Kier molecular flexibility index (Phi) is 6.51. The van der Waals surface area contributed by atoms with Crippen LogP contribution in [-0.4, -0.2) is 32.0 Å². The van der Waals surface area contributed by atoms with Crippen molar-refractivity contribution in [2.24, 2.45) is 0 Å². The number of amides is 2. The molecule has 2 aromatic rings. The molecular formula is C19H23N3O2. The quantitative estimate of drug-likeness (QED) is 0.681. The number of rotatable bonds is 7. The SMILES string of the molecule is CNC(=O)c1ccc(CNCCNC(=O)c2ccc(C)cc2)cc1. The lowest BCUT2D eigenvalue weighted by molar-refractivity contribution is 0.0949. The first kappa shape index (κ1) is 17.7. The van der Waals surface area contributed by atoms with Crippen molar-refractivity contribution in [1.82, 2.24) is 16.0 Å². The third-order valence-electron chi connectivity index (χ3n) is 3.67. The third-order valence-corrected chi connectivity index (χ3v) is 3.67. The fraction of sp³-hybridized carbons (Fsp3) is 0.263. The Morgan fingerprint density at radius 1 is 0.833 bits per heavy atom. The molecule has 0 radical (unpaired) electrons. The van der Waals surface area contributed by atoms with E-state index >= 15 is 0 Å². The summed E-state index contributed by atoms with van der Waals surface area (Å²) in [6.45, 7) is 3.92. The second kappa shape index (κ2) is 8.84. The van der Waals surface area contributed by atoms with Gasteiger partial charge in [-0.2, -0.15) is 0 Å². The summed E-state index contributed by atoms with van der Waals surface area (Å²) in [5.41, 5.74) is 3.54. The van der Waals surface area contributed by atoms with Crippen molar-refractivity contribution in [2.75, 3.05) is 20.1 Å². The number of aryl methyl sites for hydroxylation is 1. The van der Waals surface area contributed by atoms with Gasteiger partial charge >= 0.3 is 0 Å². The molecule has 3 N–H and O–H groups in total. The van der Waals surface area contributed by atoms with E-state index in [1.165, 1.54) is 0 Å². The Balaban J connectivity index is 1.68. The van der Waals surface area contributed by atoms with Crippen molar-refractivity contribution in [1.29, 1.82) is 0 Å². The largest absolute Gasteiger partial charge is 0.355 e. The molecule has 2 rings (SSSR count). The highest BCUT2D eigenvalue weighted by Gasteiger charge is 2.04. The molecule has 126 valence electrons. The fourth-order valence-corrected chi connectivity index (χ4v) is 2.22. The number of carbonyl (C=O) groups is 2. The Hall–Kier alpha value is -2.66. The van der Waals surface area contributed by atoms with E-state index in [2.05, 4.69) is 16.0 Å². The number of carbonyl (C=O) groups excluding carboxylic acids is 2. The van der Waals surface area contributed by atoms with Crippen molar-refractivity contribution in [3.8, 4) is 0 Å². The predicted molar refractivity (Wildman–Crippen MR) is 95.1 cm³/mol. The summed E-state index contributed by atoms with van der Waals surface area (Å²) in [6.07, 6.45) is 0. The van der Waals surface area contributed by atoms with Crippen LogP contribution < -0.4 is 16.0 Å². The van der Waals surface area contributed by atoms with Crippen molar-refractivity contribution < 1.29 is 9.59 Å². The van der Waals surface area contributed by atoms with Gasteiger partial charge in [0.05, 0.1) is 0 Å². The van der Waals surface area contributed by atoms with Gasteiger partial charge in [0, 0.05) is 37.8 Å². The van der Waals surface area contributed by atoms with E-state index in [1.54, 1.807) is 19.2 Å². The number of benzene rings is 2. The highest BCUT2D eigenvalue weighted by molar-refractivity contribution is 5.94. The molecule has 0 unspecified atom stereocenters. The molecule has 0 heterocycles. The van der Waals surface area contributed by atoms with Crippen LogP contribution >= 0.6 is 0 Å². The third kappa shape index (κ3) is 5.21. The maximum atomic E-state index is 11.9. The molecular weight excluding hydrogens is 302 g/mol. The van der Waals surface area contributed by atoms with Gasteiger partial charge in [-0.05, 0) is 36.8 Å². The topological polar surface area (TPSA) is 70.2 Å². The molecule has 0 spiro atoms. The molecule has 0 saturated carbocycles. The van der Waals surface area contributed by atoms with Gasteiger partial charge in [-0.25, -0.2) is 0 Å². The molecule has 5 nitrogen and oxygen atoms in total. The van der Waals surface area contributed by atoms with Crippen LogP contribution in [0.1, 0.15) is 31.8 Å². The molecule has 0 aliphatic rings. The van der Waals surface area contributed by atoms with Gasteiger partial charge in [0.25, 0.3) is 11.8 Å². The lowest BCUT2D eigenvalue weighted by atomic mass is 10.1. The van der Waals surface area contributed by atoms with Crippen molar-refractivity contribution in [3.63, 3.8) is 0 Å². The summed E-state index contributed by atoms with van der Waals surface area (Å²) in [5, 5.41) is 8.74. The van der Waals surface area contributed by atoms with E-state index in [9.17, 15) is 9.59 Å². The zero-order chi connectivity index (χ0) is 17.4. The lowest BCUT2D eigenvalue weighted by Gasteiger charge is -2.08. The standard InChI is InChI=1S/C19H23N3O2/c1-14-3-7-17(8-4-14)19(24)22-12-11-21-13-15-5-9-16(10-6-15)18(23)20-2/h3-10,21H,11-13H2,1-2H3,(H,20,23)(H,22,24). The highest BCUT2D eigenvalue weighted by atomic mass is 16.2. The second-order valence-corrected chi connectivity index (χ2v) is 5.57. The van der Waals surface area contributed by atoms with Crippen LogP contribution in [0.3, 0.4) is 0 Å². The highest BCUT2D eigenvalue weighted by Crippen LogP contribution is 2.04. The van der Waals surface area contributed by atoms with Gasteiger partial charge in [-0.1, -0.05) is 29.8 Å². The van der Waals surface area contributed by atoms with Gasteiger partial charge in [0.2, 0.25) is 0 Å². The maximum absolute atomic E-state index is 11.9. The summed E-state index contributed by atoms with van der Waals surface area (Å²) in [6, 6.07) is 14.9. The molecule has 0 saturated heterocycles. The first-order chi connectivity index (χ1) is 11.6. The monoisotopic (exact) mass is 325 g/mol. The summed E-state index contributed by atoms with van der Waals surface area (Å²) in [5.74, 6) is -0.153. The second-order valence-electron chi connectivity index (χ2n) is 5.57. The van der Waals surface area contributed by atoms with E-state index in [0.717, 1.165) is 11.1 Å². The van der Waals surface area contributed by atoms with Crippen LogP contribution in [0.15, 0.2) is 48.5 Å². The smallest absolute Gasteiger partial charge is 0.251 e. The van der Waals surface area contributed by atoms with Gasteiger partial charge in [0.15, 0.2) is 0 Å². The number of nitrogens with one attached hydrogen (secondary N) is 3. The van der Waals surface area contributed by atoms with Gasteiger partial charge in [-0.3, -0.25) is 9.59 Å². The number of hydrogen-bond donors (Lipinski definition) is 3. The van der Waals surface area contributed by atoms with Crippen molar-refractivity contribution in [2.45, 2.75) is 13.5 Å². The van der Waals surface area contributed by atoms with Crippen molar-refractivity contribution >= 4 is 11.8 Å². The first-order valence-corrected chi connectivity index (χ1v) is 7.97. The number of hydrogen-bond acceptors (Lipinski definition) is 3. The van der Waals surface area contributed by atoms with Crippen LogP contribution in [0.4, 0.5) is 0 Å². The Morgan fingerprint density at radius 2 is 1.42 bits per heavy atom. The summed E-state index contributed by atoms with van der Waals surface area (Å²) < 4.78 is 0. The van der Waals surface area contributed by atoms with Crippen molar-refractivity contribution in [3.05, 3.63) is 70.8 Å². The minimum atomic E-state index is -0.0895. The van der Waals surface area contributed by atoms with Gasteiger partial charge in [0.1, 0.15) is 0 Å². The lowest BCUT2D eigenvalue weighted by Crippen LogP contribution is -2.31. The molecule has 0 aromatic heterocycles. The average Bonchev–Trinajstić information content (AvgIpc) is 2.61. The van der Waals surface area contributed by atoms with Crippen LogP contribution in [0, 0.1) is 6.92 Å². The Labute approximate surface area is 142 Å². The van der Waals surface area contributed by atoms with Crippen LogP contribution in [0.5, 0.6) is 0 Å². The minimum Gasteiger partial charge on any atom is -0.355 e. The summed E-state index contributed by atoms with van der Waals surface area (Å²) >= 11 is 0. The molecule has 0 atom stereocenters. The molecule has 0 aliphatic heterocycles. The minimum absolute atomic E-state index is 0.0632. The Morgan fingerprint density at radius 3 is 2.04 bits per heavy atom. The maximum Gasteiger partial charge on any atom is 0.251 e. The van der Waals surface area contributed by atoms with E-state index < -0.39 is 0 Å². The molecule has 0 fully saturated rings. The zero-order valence-electron chi connectivity index (χ0n) is 14.1. The van der Waals surface area contributed by atoms with E-state index in [0.29, 0.717) is 30.8 Å². The summed E-state index contributed by atoms with van der Waals surface area (Å²) in [7, 11) is 1.61. The van der Waals surface area contributed by atoms with Crippen LogP contribution in [0.25, 0.3) is 0 Å². The predicted octanol–water partition coefficient (Wildman–Crippen LogP) is 1.87. The van der Waals surface area contributed by atoms with Crippen LogP contribution in [0.2, 0.25) is 0 Å². The molecule has 24 heavy (non-hydrogen) atoms.